The van der Waals surface area contributed by atoms with E-state index >= 15 is 0 Å². The summed E-state index contributed by atoms with van der Waals surface area (Å²) in [6, 6.07) is 6.86. The van der Waals surface area contributed by atoms with Crippen LogP contribution in [-0.2, 0) is 4.74 Å². The zero-order chi connectivity index (χ0) is 15.8. The predicted octanol–water partition coefficient (Wildman–Crippen LogP) is 2.08. The number of benzene rings is 1. The van der Waals surface area contributed by atoms with Gasteiger partial charge in [-0.15, -0.1) is 0 Å². The normalized spacial score (nSPS) is 14.7. The molecule has 0 aliphatic carbocycles. The summed E-state index contributed by atoms with van der Waals surface area (Å²) < 4.78 is 5.24. The molecule has 5 nitrogen and oxygen atoms in total. The van der Waals surface area contributed by atoms with E-state index in [1.807, 2.05) is 0 Å². The Morgan fingerprint density at radius 2 is 1.73 bits per heavy atom. The molecule has 1 N–H and O–H groups in total. The van der Waals surface area contributed by atoms with Crippen LogP contribution in [0.5, 0.6) is 0 Å². The van der Waals surface area contributed by atoms with Gasteiger partial charge in [-0.05, 0) is 30.7 Å². The number of rotatable bonds is 6. The standard InChI is InChI=1S/C17H24N2O3/c1-2-3-4-9-18-16(20)14-5-7-15(8-6-14)17(21)19-10-12-22-13-11-19/h5-8H,2-4,9-13H2,1H3,(H,18,20). The van der Waals surface area contributed by atoms with Crippen LogP contribution >= 0.6 is 0 Å². The second kappa shape index (κ2) is 8.54. The zero-order valence-corrected chi connectivity index (χ0v) is 13.1. The molecule has 22 heavy (non-hydrogen) atoms. The van der Waals surface area contributed by atoms with Gasteiger partial charge in [-0.2, -0.15) is 0 Å². The highest BCUT2D eigenvalue weighted by Crippen LogP contribution is 2.09. The molecule has 1 aliphatic rings. The van der Waals surface area contributed by atoms with Crippen molar-refractivity contribution in [2.45, 2.75) is 26.2 Å². The molecule has 5 heteroatoms. The first-order chi connectivity index (χ1) is 10.7. The van der Waals surface area contributed by atoms with Crippen LogP contribution in [0.15, 0.2) is 24.3 Å². The lowest BCUT2D eigenvalue weighted by molar-refractivity contribution is 0.0303. The van der Waals surface area contributed by atoms with Crippen LogP contribution < -0.4 is 5.32 Å². The first-order valence-electron chi connectivity index (χ1n) is 7.97. The van der Waals surface area contributed by atoms with Gasteiger partial charge in [0.25, 0.3) is 11.8 Å². The number of ether oxygens (including phenoxy) is 1. The number of hydrogen-bond acceptors (Lipinski definition) is 3. The van der Waals surface area contributed by atoms with E-state index in [4.69, 9.17) is 4.74 Å². The lowest BCUT2D eigenvalue weighted by Gasteiger charge is -2.26. The molecule has 1 aliphatic heterocycles. The van der Waals surface area contributed by atoms with Gasteiger partial charge < -0.3 is 15.0 Å². The Labute approximate surface area is 131 Å². The number of unbranched alkanes of at least 4 members (excludes halogenated alkanes) is 2. The van der Waals surface area contributed by atoms with Crippen molar-refractivity contribution in [1.29, 1.82) is 0 Å². The van der Waals surface area contributed by atoms with E-state index in [1.165, 1.54) is 0 Å². The number of carbonyl (C=O) groups excluding carboxylic acids is 2. The van der Waals surface area contributed by atoms with Gasteiger partial charge in [-0.1, -0.05) is 19.8 Å². The fourth-order valence-electron chi connectivity index (χ4n) is 2.39. The van der Waals surface area contributed by atoms with E-state index in [0.29, 0.717) is 44.0 Å². The molecule has 0 radical (unpaired) electrons. The smallest absolute Gasteiger partial charge is 0.254 e. The van der Waals surface area contributed by atoms with Gasteiger partial charge in [0.15, 0.2) is 0 Å². The third kappa shape index (κ3) is 4.56. The summed E-state index contributed by atoms with van der Waals surface area (Å²) in [5, 5.41) is 2.90. The highest BCUT2D eigenvalue weighted by molar-refractivity contribution is 5.97. The van der Waals surface area contributed by atoms with E-state index in [9.17, 15) is 9.59 Å². The molecule has 1 fully saturated rings. The second-order valence-electron chi connectivity index (χ2n) is 5.44. The topological polar surface area (TPSA) is 58.6 Å². The number of hydrogen-bond donors (Lipinski definition) is 1. The van der Waals surface area contributed by atoms with Crippen molar-refractivity contribution in [3.63, 3.8) is 0 Å². The van der Waals surface area contributed by atoms with E-state index in [2.05, 4.69) is 12.2 Å². The molecular weight excluding hydrogens is 280 g/mol. The minimum atomic E-state index is -0.0820. The Kier molecular flexibility index (Phi) is 6.40. The average Bonchev–Trinajstić information content (AvgIpc) is 2.59. The van der Waals surface area contributed by atoms with Crippen molar-refractivity contribution in [2.24, 2.45) is 0 Å². The third-order valence-electron chi connectivity index (χ3n) is 3.76. The fraction of sp³-hybridized carbons (Fsp3) is 0.529. The lowest BCUT2D eigenvalue weighted by atomic mass is 10.1. The molecule has 1 saturated heterocycles. The zero-order valence-electron chi connectivity index (χ0n) is 13.1. The summed E-state index contributed by atoms with van der Waals surface area (Å²) in [6.07, 6.45) is 3.25. The predicted molar refractivity (Wildman–Crippen MR) is 85.0 cm³/mol. The number of morpholine rings is 1. The summed E-state index contributed by atoms with van der Waals surface area (Å²) in [6.45, 7) is 5.25. The molecule has 1 aromatic rings. The molecule has 0 aromatic heterocycles. The van der Waals surface area contributed by atoms with Gasteiger partial charge in [0, 0.05) is 30.8 Å². The maximum absolute atomic E-state index is 12.3. The first kappa shape index (κ1) is 16.5. The highest BCUT2D eigenvalue weighted by atomic mass is 16.5. The van der Waals surface area contributed by atoms with Crippen LogP contribution in [0.25, 0.3) is 0 Å². The van der Waals surface area contributed by atoms with Gasteiger partial charge in [0.05, 0.1) is 13.2 Å². The summed E-state index contributed by atoms with van der Waals surface area (Å²) in [4.78, 5) is 26.0. The van der Waals surface area contributed by atoms with E-state index < -0.39 is 0 Å². The van der Waals surface area contributed by atoms with Gasteiger partial charge in [-0.3, -0.25) is 9.59 Å². The maximum atomic E-state index is 12.3. The Morgan fingerprint density at radius 1 is 1.09 bits per heavy atom. The molecule has 0 saturated carbocycles. The fourth-order valence-corrected chi connectivity index (χ4v) is 2.39. The third-order valence-corrected chi connectivity index (χ3v) is 3.76. The summed E-state index contributed by atoms with van der Waals surface area (Å²) >= 11 is 0. The summed E-state index contributed by atoms with van der Waals surface area (Å²) in [5.41, 5.74) is 1.21. The summed E-state index contributed by atoms with van der Waals surface area (Å²) in [5.74, 6) is -0.0836. The Balaban J connectivity index is 1.89. The minimum Gasteiger partial charge on any atom is -0.378 e. The Hall–Kier alpha value is -1.88. The monoisotopic (exact) mass is 304 g/mol. The molecule has 2 amide bonds. The van der Waals surface area contributed by atoms with Crippen LogP contribution in [0.1, 0.15) is 46.9 Å². The van der Waals surface area contributed by atoms with Gasteiger partial charge in [0.2, 0.25) is 0 Å². The Morgan fingerprint density at radius 3 is 2.36 bits per heavy atom. The first-order valence-corrected chi connectivity index (χ1v) is 7.97. The van der Waals surface area contributed by atoms with E-state index in [-0.39, 0.29) is 11.8 Å². The quantitative estimate of drug-likeness (QED) is 0.819. The van der Waals surface area contributed by atoms with Crippen molar-refractivity contribution >= 4 is 11.8 Å². The van der Waals surface area contributed by atoms with Crippen molar-refractivity contribution < 1.29 is 14.3 Å². The highest BCUT2D eigenvalue weighted by Gasteiger charge is 2.18. The van der Waals surface area contributed by atoms with Gasteiger partial charge in [0.1, 0.15) is 0 Å². The molecule has 2 rings (SSSR count). The number of carbonyl (C=O) groups is 2. The number of nitrogens with zero attached hydrogens (tertiary/aromatic N) is 1. The van der Waals surface area contributed by atoms with Crippen molar-refractivity contribution in [1.82, 2.24) is 10.2 Å². The van der Waals surface area contributed by atoms with E-state index in [1.54, 1.807) is 29.2 Å². The van der Waals surface area contributed by atoms with Crippen LogP contribution in [0.4, 0.5) is 0 Å². The largest absolute Gasteiger partial charge is 0.378 e. The van der Waals surface area contributed by atoms with Crippen LogP contribution in [0.3, 0.4) is 0 Å². The molecule has 0 spiro atoms. The van der Waals surface area contributed by atoms with E-state index in [0.717, 1.165) is 19.3 Å². The van der Waals surface area contributed by atoms with Crippen LogP contribution in [-0.4, -0.2) is 49.6 Å². The maximum Gasteiger partial charge on any atom is 0.254 e. The molecule has 0 bridgehead atoms. The lowest BCUT2D eigenvalue weighted by Crippen LogP contribution is -2.40. The van der Waals surface area contributed by atoms with Crippen molar-refractivity contribution in [2.75, 3.05) is 32.8 Å². The molecule has 0 atom stereocenters. The van der Waals surface area contributed by atoms with Crippen LogP contribution in [0, 0.1) is 0 Å². The van der Waals surface area contributed by atoms with Crippen molar-refractivity contribution in [3.05, 3.63) is 35.4 Å². The Bertz CT molecular complexity index is 493. The molecule has 1 aromatic carbocycles. The average molecular weight is 304 g/mol. The number of nitrogens with one attached hydrogen (secondary N) is 1. The molecule has 120 valence electrons. The molecular formula is C17H24N2O3. The van der Waals surface area contributed by atoms with Crippen molar-refractivity contribution in [3.8, 4) is 0 Å². The molecule has 0 unspecified atom stereocenters. The van der Waals surface area contributed by atoms with Gasteiger partial charge in [-0.25, -0.2) is 0 Å². The SMILES string of the molecule is CCCCCNC(=O)c1ccc(C(=O)N2CCOCC2)cc1. The summed E-state index contributed by atoms with van der Waals surface area (Å²) in [7, 11) is 0. The second-order valence-corrected chi connectivity index (χ2v) is 5.44. The number of amides is 2. The van der Waals surface area contributed by atoms with Crippen LogP contribution in [0.2, 0.25) is 0 Å². The minimum absolute atomic E-state index is 0.00166. The molecule has 1 heterocycles. The van der Waals surface area contributed by atoms with Gasteiger partial charge >= 0.3 is 0 Å².